The second-order valence-electron chi connectivity index (χ2n) is 6.42. The Balaban J connectivity index is 1.49. The molecule has 3 heterocycles. The number of ether oxygens (including phenoxy) is 1. The molecule has 9 heteroatoms. The molecule has 1 unspecified atom stereocenters. The van der Waals surface area contributed by atoms with Crippen LogP contribution in [0.4, 0.5) is 5.82 Å². The molecule has 0 spiro atoms. The molecule has 2 aliphatic rings. The van der Waals surface area contributed by atoms with Crippen molar-refractivity contribution in [3.63, 3.8) is 0 Å². The van der Waals surface area contributed by atoms with Crippen molar-refractivity contribution in [1.82, 2.24) is 10.3 Å². The van der Waals surface area contributed by atoms with Crippen LogP contribution >= 0.6 is 22.9 Å². The average molecular weight is 400 g/mol. The maximum absolute atomic E-state index is 12.4. The Hall–Kier alpha value is -1.35. The van der Waals surface area contributed by atoms with Crippen molar-refractivity contribution in [3.05, 3.63) is 34.1 Å². The third kappa shape index (κ3) is 3.76. The minimum Gasteiger partial charge on any atom is -0.489 e. The lowest BCUT2D eigenvalue weighted by Crippen LogP contribution is -2.42. The quantitative estimate of drug-likeness (QED) is 0.806. The van der Waals surface area contributed by atoms with Crippen molar-refractivity contribution in [2.75, 3.05) is 4.72 Å². The number of fused-ring (bicyclic) bond motifs is 2. The van der Waals surface area contributed by atoms with E-state index in [1.54, 1.807) is 17.0 Å². The van der Waals surface area contributed by atoms with Gasteiger partial charge in [0.2, 0.25) is 0 Å². The number of piperidine rings is 1. The number of halogens is 1. The number of aromatic nitrogens is 1. The van der Waals surface area contributed by atoms with Crippen LogP contribution in [0.3, 0.4) is 0 Å². The van der Waals surface area contributed by atoms with Crippen LogP contribution in [0.1, 0.15) is 25.7 Å². The second kappa shape index (κ2) is 6.75. The van der Waals surface area contributed by atoms with Crippen LogP contribution in [-0.4, -0.2) is 31.6 Å². The van der Waals surface area contributed by atoms with Crippen molar-refractivity contribution < 1.29 is 13.2 Å². The number of thiazole rings is 1. The highest BCUT2D eigenvalue weighted by Crippen LogP contribution is 2.33. The molecular formula is C16H18ClN3O3S2. The maximum atomic E-state index is 12.4. The highest BCUT2D eigenvalue weighted by atomic mass is 35.5. The van der Waals surface area contributed by atoms with E-state index in [0.717, 1.165) is 12.8 Å². The van der Waals surface area contributed by atoms with Crippen molar-refractivity contribution in [3.8, 4) is 5.75 Å². The van der Waals surface area contributed by atoms with Crippen molar-refractivity contribution in [2.24, 2.45) is 0 Å². The van der Waals surface area contributed by atoms with Gasteiger partial charge in [-0.2, -0.15) is 0 Å². The normalized spacial score (nSPS) is 25.7. The molecule has 0 saturated carbocycles. The fourth-order valence-corrected chi connectivity index (χ4v) is 5.36. The maximum Gasteiger partial charge on any atom is 0.263 e. The summed E-state index contributed by atoms with van der Waals surface area (Å²) in [5, 5.41) is 5.49. The van der Waals surface area contributed by atoms with E-state index in [-0.39, 0.29) is 11.0 Å². The number of hydrogen-bond acceptors (Lipinski definition) is 6. The van der Waals surface area contributed by atoms with Gasteiger partial charge in [-0.1, -0.05) is 11.6 Å². The molecule has 2 saturated heterocycles. The number of hydrogen-bond donors (Lipinski definition) is 2. The van der Waals surface area contributed by atoms with Gasteiger partial charge in [0.05, 0.1) is 15.4 Å². The van der Waals surface area contributed by atoms with E-state index in [2.05, 4.69) is 15.0 Å². The molecule has 0 radical (unpaired) electrons. The zero-order valence-electron chi connectivity index (χ0n) is 13.3. The van der Waals surface area contributed by atoms with Gasteiger partial charge in [0.1, 0.15) is 11.9 Å². The molecular weight excluding hydrogens is 382 g/mol. The molecule has 134 valence electrons. The van der Waals surface area contributed by atoms with E-state index in [1.165, 1.54) is 36.3 Å². The number of nitrogens with one attached hydrogen (secondary N) is 2. The number of sulfonamides is 1. The molecule has 2 aliphatic heterocycles. The molecule has 2 bridgehead atoms. The summed E-state index contributed by atoms with van der Waals surface area (Å²) in [5.41, 5.74) is 1.56. The third-order valence-corrected chi connectivity index (χ3v) is 6.84. The van der Waals surface area contributed by atoms with Crippen molar-refractivity contribution in [2.45, 2.75) is 48.8 Å². The minimum absolute atomic E-state index is 0.0863. The fraction of sp³-hybridized carbons (Fsp3) is 0.438. The number of benzene rings is 1. The monoisotopic (exact) mass is 399 g/mol. The van der Waals surface area contributed by atoms with Crippen LogP contribution in [0, 0.1) is 0 Å². The topological polar surface area (TPSA) is 80.3 Å². The van der Waals surface area contributed by atoms with Crippen LogP contribution in [0.15, 0.2) is 34.0 Å². The Kier molecular flexibility index (Phi) is 4.61. The van der Waals surface area contributed by atoms with Gasteiger partial charge in [-0.15, -0.1) is 11.3 Å². The van der Waals surface area contributed by atoms with Gasteiger partial charge in [-0.3, -0.25) is 4.72 Å². The van der Waals surface area contributed by atoms with E-state index < -0.39 is 10.0 Å². The summed E-state index contributed by atoms with van der Waals surface area (Å²) in [6.45, 7) is 0. The van der Waals surface area contributed by atoms with E-state index in [0.29, 0.717) is 28.7 Å². The zero-order chi connectivity index (χ0) is 17.4. The standard InChI is InChI=1S/C16H18ClN3O3S2/c17-14-7-13(25(21,22)20-16-8-24-9-18-16)3-4-15(14)23-12-5-10-1-2-11(6-12)19-10/h3-4,7-12,19-20H,1-2,5-6H2/t10-,11+,12?. The van der Waals surface area contributed by atoms with Crippen molar-refractivity contribution >= 4 is 38.8 Å². The van der Waals surface area contributed by atoms with Gasteiger partial charge < -0.3 is 10.1 Å². The van der Waals surface area contributed by atoms with Crippen LogP contribution in [-0.2, 0) is 10.0 Å². The first kappa shape index (κ1) is 17.1. The lowest BCUT2D eigenvalue weighted by Gasteiger charge is -2.29. The molecule has 2 fully saturated rings. The van der Waals surface area contributed by atoms with Gasteiger partial charge in [0.15, 0.2) is 5.82 Å². The molecule has 3 atom stereocenters. The van der Waals surface area contributed by atoms with E-state index >= 15 is 0 Å². The third-order valence-electron chi connectivity index (χ3n) is 4.61. The molecule has 0 amide bonds. The molecule has 25 heavy (non-hydrogen) atoms. The Morgan fingerprint density at radius 2 is 2.04 bits per heavy atom. The first-order chi connectivity index (χ1) is 12.0. The molecule has 1 aromatic carbocycles. The lowest BCUT2D eigenvalue weighted by molar-refractivity contribution is 0.137. The van der Waals surface area contributed by atoms with Crippen LogP contribution in [0.2, 0.25) is 5.02 Å². The van der Waals surface area contributed by atoms with Gasteiger partial charge in [-0.05, 0) is 43.9 Å². The summed E-state index contributed by atoms with van der Waals surface area (Å²) in [6, 6.07) is 5.59. The minimum atomic E-state index is -3.72. The highest BCUT2D eigenvalue weighted by molar-refractivity contribution is 7.92. The highest BCUT2D eigenvalue weighted by Gasteiger charge is 2.34. The summed E-state index contributed by atoms with van der Waals surface area (Å²) in [6.07, 6.45) is 4.42. The summed E-state index contributed by atoms with van der Waals surface area (Å²) in [4.78, 5) is 4.02. The molecule has 1 aromatic heterocycles. The van der Waals surface area contributed by atoms with E-state index in [9.17, 15) is 8.42 Å². The lowest BCUT2D eigenvalue weighted by atomic mass is 10.0. The van der Waals surface area contributed by atoms with Crippen LogP contribution in [0.25, 0.3) is 0 Å². The molecule has 2 aromatic rings. The number of anilines is 1. The zero-order valence-corrected chi connectivity index (χ0v) is 15.7. The summed E-state index contributed by atoms with van der Waals surface area (Å²) < 4.78 is 33.3. The largest absolute Gasteiger partial charge is 0.489 e. The van der Waals surface area contributed by atoms with Crippen LogP contribution < -0.4 is 14.8 Å². The smallest absolute Gasteiger partial charge is 0.263 e. The van der Waals surface area contributed by atoms with Crippen LogP contribution in [0.5, 0.6) is 5.75 Å². The summed E-state index contributed by atoms with van der Waals surface area (Å²) in [5.74, 6) is 0.826. The first-order valence-corrected chi connectivity index (χ1v) is 10.9. The SMILES string of the molecule is O=S(=O)(Nc1cscn1)c1ccc(OC2C[C@H]3CC[C@@H](C2)N3)c(Cl)c1. The van der Waals surface area contributed by atoms with E-state index in [4.69, 9.17) is 16.3 Å². The van der Waals surface area contributed by atoms with Crippen molar-refractivity contribution in [1.29, 1.82) is 0 Å². The number of nitrogens with zero attached hydrogens (tertiary/aromatic N) is 1. The van der Waals surface area contributed by atoms with Gasteiger partial charge in [0.25, 0.3) is 10.0 Å². The first-order valence-electron chi connectivity index (χ1n) is 8.13. The Labute approximate surface area is 155 Å². The predicted molar refractivity (Wildman–Crippen MR) is 98.0 cm³/mol. The van der Waals surface area contributed by atoms with Gasteiger partial charge in [0, 0.05) is 17.5 Å². The number of rotatable bonds is 5. The van der Waals surface area contributed by atoms with Gasteiger partial charge in [-0.25, -0.2) is 13.4 Å². The Bertz CT molecular complexity index is 846. The van der Waals surface area contributed by atoms with Gasteiger partial charge >= 0.3 is 0 Å². The van der Waals surface area contributed by atoms with E-state index in [1.807, 2.05) is 0 Å². The average Bonchev–Trinajstić information content (AvgIpc) is 3.18. The fourth-order valence-electron chi connectivity index (χ4n) is 3.48. The predicted octanol–water partition coefficient (Wildman–Crippen LogP) is 3.26. The molecule has 6 nitrogen and oxygen atoms in total. The molecule has 0 aliphatic carbocycles. The summed E-state index contributed by atoms with van der Waals surface area (Å²) in [7, 11) is -3.72. The summed E-state index contributed by atoms with van der Waals surface area (Å²) >= 11 is 7.60. The Morgan fingerprint density at radius 3 is 2.68 bits per heavy atom. The second-order valence-corrected chi connectivity index (χ2v) is 9.23. The molecule has 4 rings (SSSR count). The Morgan fingerprint density at radius 1 is 1.28 bits per heavy atom. The molecule has 2 N–H and O–H groups in total.